The zero-order valence-corrected chi connectivity index (χ0v) is 12.5. The molecule has 1 N–H and O–H groups in total. The van der Waals surface area contributed by atoms with Crippen molar-refractivity contribution >= 4 is 17.5 Å². The van der Waals surface area contributed by atoms with Crippen LogP contribution in [-0.4, -0.2) is 23.9 Å². The van der Waals surface area contributed by atoms with E-state index in [0.29, 0.717) is 13.0 Å². The molecule has 2 amide bonds. The van der Waals surface area contributed by atoms with Crippen LogP contribution in [-0.2, 0) is 16.0 Å². The van der Waals surface area contributed by atoms with Gasteiger partial charge in [-0.2, -0.15) is 0 Å². The highest BCUT2D eigenvalue weighted by molar-refractivity contribution is 6.04. The number of benzene rings is 1. The molecular weight excluding hydrogens is 264 g/mol. The molecule has 0 bridgehead atoms. The van der Waals surface area contributed by atoms with Crippen LogP contribution < -0.4 is 10.2 Å². The Kier molecular flexibility index (Phi) is 3.70. The SMILES string of the molecule is CCc1ccc(N2CCC(=O)NC3(CCCC3)C2=O)cc1. The van der Waals surface area contributed by atoms with Gasteiger partial charge in [0.25, 0.3) is 5.91 Å². The van der Waals surface area contributed by atoms with Gasteiger partial charge in [0.15, 0.2) is 0 Å². The molecule has 3 rings (SSSR count). The van der Waals surface area contributed by atoms with E-state index in [-0.39, 0.29) is 11.8 Å². The summed E-state index contributed by atoms with van der Waals surface area (Å²) in [6, 6.07) is 8.11. The number of carbonyl (C=O) groups excluding carboxylic acids is 2. The van der Waals surface area contributed by atoms with E-state index in [2.05, 4.69) is 24.4 Å². The summed E-state index contributed by atoms with van der Waals surface area (Å²) in [5.74, 6) is 0.0630. The summed E-state index contributed by atoms with van der Waals surface area (Å²) in [6.07, 6.45) is 4.91. The lowest BCUT2D eigenvalue weighted by Crippen LogP contribution is -2.55. The number of aryl methyl sites for hydroxylation is 1. The van der Waals surface area contributed by atoms with Gasteiger partial charge < -0.3 is 10.2 Å². The van der Waals surface area contributed by atoms with Crippen LogP contribution in [0.25, 0.3) is 0 Å². The van der Waals surface area contributed by atoms with E-state index in [1.54, 1.807) is 4.90 Å². The maximum absolute atomic E-state index is 13.0. The Labute approximate surface area is 125 Å². The summed E-state index contributed by atoms with van der Waals surface area (Å²) in [4.78, 5) is 26.8. The van der Waals surface area contributed by atoms with Gasteiger partial charge in [0.2, 0.25) is 5.91 Å². The van der Waals surface area contributed by atoms with E-state index in [0.717, 1.165) is 37.8 Å². The number of amides is 2. The summed E-state index contributed by atoms with van der Waals surface area (Å²) < 4.78 is 0. The monoisotopic (exact) mass is 286 g/mol. The summed E-state index contributed by atoms with van der Waals surface area (Å²) in [6.45, 7) is 2.58. The minimum absolute atomic E-state index is 0.00192. The Morgan fingerprint density at radius 2 is 1.81 bits per heavy atom. The molecule has 112 valence electrons. The third-order valence-electron chi connectivity index (χ3n) is 4.71. The molecule has 4 heteroatoms. The average Bonchev–Trinajstić information content (AvgIpc) is 2.92. The summed E-state index contributed by atoms with van der Waals surface area (Å²) in [5.41, 5.74) is 1.50. The summed E-state index contributed by atoms with van der Waals surface area (Å²) >= 11 is 0. The Bertz CT molecular complexity index is 544. The van der Waals surface area contributed by atoms with Gasteiger partial charge >= 0.3 is 0 Å². The summed E-state index contributed by atoms with van der Waals surface area (Å²) in [5, 5.41) is 3.00. The van der Waals surface area contributed by atoms with Gasteiger partial charge in [-0.3, -0.25) is 9.59 Å². The van der Waals surface area contributed by atoms with Crippen LogP contribution in [0.3, 0.4) is 0 Å². The number of anilines is 1. The van der Waals surface area contributed by atoms with E-state index in [1.807, 2.05) is 12.1 Å². The molecule has 1 saturated carbocycles. The van der Waals surface area contributed by atoms with Crippen LogP contribution >= 0.6 is 0 Å². The van der Waals surface area contributed by atoms with E-state index in [9.17, 15) is 9.59 Å². The lowest BCUT2D eigenvalue weighted by Gasteiger charge is -2.31. The second-order valence-corrected chi connectivity index (χ2v) is 6.06. The molecule has 1 saturated heterocycles. The normalized spacial score (nSPS) is 21.5. The molecule has 1 aromatic carbocycles. The minimum atomic E-state index is -0.656. The van der Waals surface area contributed by atoms with Crippen molar-refractivity contribution in [1.29, 1.82) is 0 Å². The van der Waals surface area contributed by atoms with Gasteiger partial charge in [-0.25, -0.2) is 0 Å². The van der Waals surface area contributed by atoms with Crippen molar-refractivity contribution in [2.75, 3.05) is 11.4 Å². The lowest BCUT2D eigenvalue weighted by molar-refractivity contribution is -0.129. The van der Waals surface area contributed by atoms with Gasteiger partial charge in [-0.15, -0.1) is 0 Å². The van der Waals surface area contributed by atoms with Crippen molar-refractivity contribution in [1.82, 2.24) is 5.32 Å². The standard InChI is InChI=1S/C17H22N2O2/c1-2-13-5-7-14(8-6-13)19-12-9-15(20)18-17(16(19)21)10-3-4-11-17/h5-8H,2-4,9-12H2,1H3,(H,18,20). The van der Waals surface area contributed by atoms with E-state index < -0.39 is 5.54 Å². The molecule has 0 aromatic heterocycles. The van der Waals surface area contributed by atoms with E-state index >= 15 is 0 Å². The fourth-order valence-corrected chi connectivity index (χ4v) is 3.43. The Hall–Kier alpha value is -1.84. The number of hydrogen-bond donors (Lipinski definition) is 1. The maximum atomic E-state index is 13.0. The van der Waals surface area contributed by atoms with Gasteiger partial charge in [0.1, 0.15) is 5.54 Å². The zero-order chi connectivity index (χ0) is 14.9. The first kappa shape index (κ1) is 14.1. The molecule has 2 fully saturated rings. The first-order chi connectivity index (χ1) is 10.1. The van der Waals surface area contributed by atoms with Gasteiger partial charge in [-0.05, 0) is 37.0 Å². The van der Waals surface area contributed by atoms with Crippen LogP contribution in [0.1, 0.15) is 44.6 Å². The molecular formula is C17H22N2O2. The molecule has 0 atom stereocenters. The summed E-state index contributed by atoms with van der Waals surface area (Å²) in [7, 11) is 0. The zero-order valence-electron chi connectivity index (χ0n) is 12.5. The largest absolute Gasteiger partial charge is 0.342 e. The second kappa shape index (κ2) is 5.51. The molecule has 4 nitrogen and oxygen atoms in total. The first-order valence-corrected chi connectivity index (χ1v) is 7.86. The van der Waals surface area contributed by atoms with Gasteiger partial charge in [-0.1, -0.05) is 31.9 Å². The molecule has 0 unspecified atom stereocenters. The Morgan fingerprint density at radius 1 is 1.14 bits per heavy atom. The van der Waals surface area contributed by atoms with Crippen molar-refractivity contribution in [3.05, 3.63) is 29.8 Å². The topological polar surface area (TPSA) is 49.4 Å². The minimum Gasteiger partial charge on any atom is -0.342 e. The van der Waals surface area contributed by atoms with Crippen molar-refractivity contribution in [3.63, 3.8) is 0 Å². The highest BCUT2D eigenvalue weighted by Crippen LogP contribution is 2.34. The molecule has 1 aliphatic heterocycles. The quantitative estimate of drug-likeness (QED) is 0.907. The molecule has 0 radical (unpaired) electrons. The molecule has 1 heterocycles. The highest BCUT2D eigenvalue weighted by atomic mass is 16.2. The van der Waals surface area contributed by atoms with Crippen LogP contribution in [0, 0.1) is 0 Å². The third kappa shape index (κ3) is 2.55. The molecule has 1 aliphatic carbocycles. The lowest BCUT2D eigenvalue weighted by atomic mass is 9.95. The third-order valence-corrected chi connectivity index (χ3v) is 4.71. The predicted octanol–water partition coefficient (Wildman–Crippen LogP) is 2.41. The van der Waals surface area contributed by atoms with Crippen LogP contribution in [0.4, 0.5) is 5.69 Å². The number of nitrogens with zero attached hydrogens (tertiary/aromatic N) is 1. The highest BCUT2D eigenvalue weighted by Gasteiger charge is 2.46. The smallest absolute Gasteiger partial charge is 0.252 e. The first-order valence-electron chi connectivity index (χ1n) is 7.86. The van der Waals surface area contributed by atoms with E-state index in [1.165, 1.54) is 5.56 Å². The van der Waals surface area contributed by atoms with E-state index in [4.69, 9.17) is 0 Å². The fraction of sp³-hybridized carbons (Fsp3) is 0.529. The Balaban J connectivity index is 1.92. The number of hydrogen-bond acceptors (Lipinski definition) is 2. The molecule has 2 aliphatic rings. The van der Waals surface area contributed by atoms with Gasteiger partial charge in [0.05, 0.1) is 0 Å². The average molecular weight is 286 g/mol. The number of rotatable bonds is 2. The number of carbonyl (C=O) groups is 2. The van der Waals surface area contributed by atoms with Crippen LogP contribution in [0.15, 0.2) is 24.3 Å². The molecule has 1 spiro atoms. The van der Waals surface area contributed by atoms with Crippen molar-refractivity contribution < 1.29 is 9.59 Å². The molecule has 1 aromatic rings. The van der Waals surface area contributed by atoms with Crippen molar-refractivity contribution in [3.8, 4) is 0 Å². The van der Waals surface area contributed by atoms with Gasteiger partial charge in [0, 0.05) is 18.7 Å². The predicted molar refractivity (Wildman–Crippen MR) is 82.1 cm³/mol. The van der Waals surface area contributed by atoms with Crippen molar-refractivity contribution in [2.45, 2.75) is 51.0 Å². The van der Waals surface area contributed by atoms with Crippen molar-refractivity contribution in [2.24, 2.45) is 0 Å². The van der Waals surface area contributed by atoms with Crippen LogP contribution in [0.2, 0.25) is 0 Å². The second-order valence-electron chi connectivity index (χ2n) is 6.06. The maximum Gasteiger partial charge on any atom is 0.252 e. The number of nitrogens with one attached hydrogen (secondary N) is 1. The fourth-order valence-electron chi connectivity index (χ4n) is 3.43. The van der Waals surface area contributed by atoms with Crippen LogP contribution in [0.5, 0.6) is 0 Å². The molecule has 21 heavy (non-hydrogen) atoms. The Morgan fingerprint density at radius 3 is 2.43 bits per heavy atom.